The number of ether oxygens (including phenoxy) is 1. The molecular weight excluding hydrogens is 136 g/mol. The molecule has 0 spiro atoms. The Balaban J connectivity index is 2.25. The summed E-state index contributed by atoms with van der Waals surface area (Å²) in [4.78, 5) is 0. The van der Waals surface area contributed by atoms with E-state index < -0.39 is 0 Å². The normalized spacial score (nSPS) is 17.1. The van der Waals surface area contributed by atoms with Crippen molar-refractivity contribution in [3.63, 3.8) is 0 Å². The number of allylic oxidation sites excluding steroid dienone is 2. The van der Waals surface area contributed by atoms with Crippen LogP contribution in [0.3, 0.4) is 0 Å². The van der Waals surface area contributed by atoms with E-state index in [4.69, 9.17) is 4.74 Å². The van der Waals surface area contributed by atoms with Crippen molar-refractivity contribution in [3.8, 4) is 5.75 Å². The predicted octanol–water partition coefficient (Wildman–Crippen LogP) is 2.36. The van der Waals surface area contributed by atoms with Crippen LogP contribution in [0, 0.1) is 0 Å². The second-order valence-corrected chi connectivity index (χ2v) is 2.75. The highest BCUT2D eigenvalue weighted by atomic mass is 16.5. The largest absolute Gasteiger partial charge is 0.456 e. The summed E-state index contributed by atoms with van der Waals surface area (Å²) in [6.45, 7) is 0. The summed E-state index contributed by atoms with van der Waals surface area (Å²) in [6.07, 6.45) is 4.19. The van der Waals surface area contributed by atoms with Crippen molar-refractivity contribution in [2.75, 3.05) is 0 Å². The van der Waals surface area contributed by atoms with E-state index in [1.54, 1.807) is 0 Å². The average molecular weight is 142 g/mol. The van der Waals surface area contributed by atoms with Crippen LogP contribution >= 0.6 is 0 Å². The Labute approximate surface area is 64.6 Å². The van der Waals surface area contributed by atoms with Crippen LogP contribution in [0.25, 0.3) is 6.08 Å². The van der Waals surface area contributed by atoms with E-state index in [2.05, 4.69) is 12.1 Å². The molecule has 0 saturated heterocycles. The fourth-order valence-electron chi connectivity index (χ4n) is 1.29. The minimum absolute atomic E-state index is 0.972. The fraction of sp³-hybridized carbons (Fsp3) is 0. The molecule has 0 aromatic heterocycles. The quantitative estimate of drug-likeness (QED) is 0.540. The molecule has 0 atom stereocenters. The zero-order chi connectivity index (χ0) is 7.26. The van der Waals surface area contributed by atoms with Crippen LogP contribution in [0.5, 0.6) is 5.75 Å². The summed E-state index contributed by atoms with van der Waals surface area (Å²) in [5.74, 6) is 2.00. The Morgan fingerprint density at radius 2 is 1.91 bits per heavy atom. The van der Waals surface area contributed by atoms with Gasteiger partial charge >= 0.3 is 0 Å². The van der Waals surface area contributed by atoms with Gasteiger partial charge in [0.05, 0.1) is 0 Å². The van der Waals surface area contributed by atoms with Crippen molar-refractivity contribution in [2.45, 2.75) is 0 Å². The highest BCUT2D eigenvalue weighted by Crippen LogP contribution is 2.39. The molecule has 52 valence electrons. The SMILES string of the molecule is C1=C2C=C2Oc2ccccc21. The van der Waals surface area contributed by atoms with Gasteiger partial charge < -0.3 is 4.74 Å². The van der Waals surface area contributed by atoms with Crippen molar-refractivity contribution in [1.82, 2.24) is 0 Å². The summed E-state index contributed by atoms with van der Waals surface area (Å²) < 4.78 is 5.50. The Morgan fingerprint density at radius 1 is 1.00 bits per heavy atom. The zero-order valence-corrected chi connectivity index (χ0v) is 5.87. The van der Waals surface area contributed by atoms with E-state index in [-0.39, 0.29) is 0 Å². The molecule has 1 heterocycles. The number of hydrogen-bond acceptors (Lipinski definition) is 1. The Hall–Kier alpha value is -1.50. The molecule has 1 aliphatic heterocycles. The fourth-order valence-corrected chi connectivity index (χ4v) is 1.29. The third kappa shape index (κ3) is 0.650. The van der Waals surface area contributed by atoms with Gasteiger partial charge in [-0.15, -0.1) is 0 Å². The monoisotopic (exact) mass is 142 g/mol. The molecule has 1 aromatic rings. The van der Waals surface area contributed by atoms with Crippen molar-refractivity contribution in [1.29, 1.82) is 0 Å². The number of fused-ring (bicyclic) bond motifs is 2. The van der Waals surface area contributed by atoms with Crippen LogP contribution in [-0.2, 0) is 0 Å². The molecule has 0 N–H and O–H groups in total. The molecule has 0 unspecified atom stereocenters. The van der Waals surface area contributed by atoms with E-state index in [1.807, 2.05) is 24.3 Å². The minimum Gasteiger partial charge on any atom is -0.456 e. The van der Waals surface area contributed by atoms with Crippen molar-refractivity contribution < 1.29 is 4.74 Å². The Kier molecular flexibility index (Phi) is 0.737. The second kappa shape index (κ2) is 1.56. The molecule has 1 aliphatic carbocycles. The number of para-hydroxylation sites is 1. The summed E-state index contributed by atoms with van der Waals surface area (Å²) in [5, 5.41) is 0. The Morgan fingerprint density at radius 3 is 2.91 bits per heavy atom. The molecule has 1 heteroatoms. The number of rotatable bonds is 0. The maximum absolute atomic E-state index is 5.50. The number of hydrogen-bond donors (Lipinski definition) is 0. The first-order valence-corrected chi connectivity index (χ1v) is 3.64. The minimum atomic E-state index is 0.972. The lowest BCUT2D eigenvalue weighted by Crippen LogP contribution is -1.92. The van der Waals surface area contributed by atoms with E-state index in [0.29, 0.717) is 0 Å². The Bertz CT molecular complexity index is 386. The van der Waals surface area contributed by atoms with E-state index in [0.717, 1.165) is 11.5 Å². The van der Waals surface area contributed by atoms with Crippen LogP contribution in [0.1, 0.15) is 5.56 Å². The smallest absolute Gasteiger partial charge is 0.135 e. The third-order valence-corrected chi connectivity index (χ3v) is 1.94. The van der Waals surface area contributed by atoms with Crippen LogP contribution in [0.4, 0.5) is 0 Å². The molecule has 1 aromatic carbocycles. The molecule has 0 amide bonds. The van der Waals surface area contributed by atoms with Crippen molar-refractivity contribution in [2.24, 2.45) is 0 Å². The molecule has 11 heavy (non-hydrogen) atoms. The summed E-state index contributed by atoms with van der Waals surface area (Å²) in [6, 6.07) is 8.06. The van der Waals surface area contributed by atoms with Gasteiger partial charge in [0.15, 0.2) is 0 Å². The molecule has 0 saturated carbocycles. The number of benzene rings is 1. The second-order valence-electron chi connectivity index (χ2n) is 2.75. The summed E-state index contributed by atoms with van der Waals surface area (Å²) >= 11 is 0. The van der Waals surface area contributed by atoms with Crippen LogP contribution in [-0.4, -0.2) is 0 Å². The molecule has 0 bridgehead atoms. The molecule has 0 fully saturated rings. The molecular formula is C10H6O. The lowest BCUT2D eigenvalue weighted by molar-refractivity contribution is 0.455. The van der Waals surface area contributed by atoms with Crippen molar-refractivity contribution in [3.05, 3.63) is 47.2 Å². The van der Waals surface area contributed by atoms with Gasteiger partial charge in [0, 0.05) is 11.1 Å². The summed E-state index contributed by atoms with van der Waals surface area (Å²) in [7, 11) is 0. The molecule has 3 rings (SSSR count). The standard InChI is InChI=1S/C10H6O/c1-2-4-9-7(3-1)5-8-6-10(8)11-9/h1-6H. The first kappa shape index (κ1) is 5.19. The molecule has 2 aliphatic rings. The first-order valence-electron chi connectivity index (χ1n) is 3.64. The maximum atomic E-state index is 5.50. The maximum Gasteiger partial charge on any atom is 0.135 e. The topological polar surface area (TPSA) is 9.23 Å². The van der Waals surface area contributed by atoms with Gasteiger partial charge in [-0.25, -0.2) is 0 Å². The van der Waals surface area contributed by atoms with Gasteiger partial charge in [-0.3, -0.25) is 0 Å². The highest BCUT2D eigenvalue weighted by Gasteiger charge is 2.24. The lowest BCUT2D eigenvalue weighted by Gasteiger charge is -2.08. The van der Waals surface area contributed by atoms with Gasteiger partial charge in [-0.2, -0.15) is 0 Å². The van der Waals surface area contributed by atoms with Crippen LogP contribution < -0.4 is 4.74 Å². The van der Waals surface area contributed by atoms with Crippen LogP contribution in [0.15, 0.2) is 41.7 Å². The van der Waals surface area contributed by atoms with Gasteiger partial charge in [0.25, 0.3) is 0 Å². The average Bonchev–Trinajstić information content (AvgIpc) is 2.77. The van der Waals surface area contributed by atoms with Gasteiger partial charge in [0.1, 0.15) is 11.5 Å². The van der Waals surface area contributed by atoms with Crippen LogP contribution in [0.2, 0.25) is 0 Å². The zero-order valence-electron chi connectivity index (χ0n) is 5.87. The van der Waals surface area contributed by atoms with E-state index >= 15 is 0 Å². The van der Waals surface area contributed by atoms with E-state index in [1.165, 1.54) is 11.1 Å². The third-order valence-electron chi connectivity index (χ3n) is 1.94. The van der Waals surface area contributed by atoms with Gasteiger partial charge in [-0.05, 0) is 18.2 Å². The first-order chi connectivity index (χ1) is 5.43. The lowest BCUT2D eigenvalue weighted by atomic mass is 10.1. The molecule has 1 nitrogen and oxygen atoms in total. The summed E-state index contributed by atoms with van der Waals surface area (Å²) in [5.41, 5.74) is 2.42. The van der Waals surface area contributed by atoms with Gasteiger partial charge in [0.2, 0.25) is 0 Å². The highest BCUT2D eigenvalue weighted by molar-refractivity contribution is 5.76. The molecule has 0 radical (unpaired) electrons. The van der Waals surface area contributed by atoms with Crippen molar-refractivity contribution >= 4 is 6.08 Å². The predicted molar refractivity (Wildman–Crippen MR) is 43.1 cm³/mol. The van der Waals surface area contributed by atoms with E-state index in [9.17, 15) is 0 Å². The van der Waals surface area contributed by atoms with Gasteiger partial charge in [-0.1, -0.05) is 18.2 Å².